The van der Waals surface area contributed by atoms with Gasteiger partial charge in [-0.15, -0.1) is 0 Å². The Morgan fingerprint density at radius 3 is 2.56 bits per heavy atom. The lowest BCUT2D eigenvalue weighted by Gasteiger charge is -2.14. The topological polar surface area (TPSA) is 12.0 Å². The van der Waals surface area contributed by atoms with E-state index < -0.39 is 0 Å². The second-order valence-corrected chi connectivity index (χ2v) is 4.87. The van der Waals surface area contributed by atoms with Crippen molar-refractivity contribution in [1.29, 1.82) is 0 Å². The molecular weight excluding hydrogens is 241 g/mol. The van der Waals surface area contributed by atoms with E-state index in [4.69, 9.17) is 23.2 Å². The number of halogens is 2. The summed E-state index contributed by atoms with van der Waals surface area (Å²) in [5.41, 5.74) is 1.19. The molecule has 90 valence electrons. The van der Waals surface area contributed by atoms with Crippen molar-refractivity contribution < 1.29 is 0 Å². The summed E-state index contributed by atoms with van der Waals surface area (Å²) in [6, 6.07) is 6.13. The smallest absolute Gasteiger partial charge is 0.0595 e. The minimum absolute atomic E-state index is 0.326. The average molecular weight is 260 g/mol. The van der Waals surface area contributed by atoms with E-state index in [1.165, 1.54) is 24.8 Å². The first-order valence-corrected chi connectivity index (χ1v) is 6.59. The molecule has 0 spiro atoms. The third kappa shape index (κ3) is 4.32. The number of unbranched alkanes of at least 4 members (excludes halogenated alkanes) is 2. The molecule has 1 aromatic rings. The lowest BCUT2D eigenvalue weighted by molar-refractivity contribution is 0.544. The van der Waals surface area contributed by atoms with E-state index in [0.29, 0.717) is 16.1 Å². The van der Waals surface area contributed by atoms with E-state index in [1.807, 2.05) is 18.2 Å². The number of benzene rings is 1. The van der Waals surface area contributed by atoms with Crippen molar-refractivity contribution in [3.63, 3.8) is 0 Å². The first-order chi connectivity index (χ1) is 7.65. The monoisotopic (exact) mass is 259 g/mol. The predicted octanol–water partition coefficient (Wildman–Crippen LogP) is 4.83. The van der Waals surface area contributed by atoms with Gasteiger partial charge in [-0.3, -0.25) is 0 Å². The van der Waals surface area contributed by atoms with Gasteiger partial charge in [-0.05, 0) is 37.6 Å². The third-order valence-electron chi connectivity index (χ3n) is 2.67. The molecule has 0 fully saturated rings. The van der Waals surface area contributed by atoms with E-state index in [2.05, 4.69) is 19.2 Å². The lowest BCUT2D eigenvalue weighted by Crippen LogP contribution is -2.19. The SMILES string of the molecule is CCCCCNC(C)c1ccc(Cl)c(Cl)c1. The van der Waals surface area contributed by atoms with Gasteiger partial charge in [0.05, 0.1) is 10.0 Å². The Balaban J connectivity index is 2.46. The van der Waals surface area contributed by atoms with Crippen LogP contribution in [-0.2, 0) is 0 Å². The van der Waals surface area contributed by atoms with E-state index in [9.17, 15) is 0 Å². The molecule has 3 heteroatoms. The van der Waals surface area contributed by atoms with Gasteiger partial charge in [0, 0.05) is 6.04 Å². The minimum atomic E-state index is 0.326. The fourth-order valence-electron chi connectivity index (χ4n) is 1.59. The zero-order valence-corrected chi connectivity index (χ0v) is 11.4. The predicted molar refractivity (Wildman–Crippen MR) is 72.4 cm³/mol. The van der Waals surface area contributed by atoms with E-state index in [-0.39, 0.29) is 0 Å². The van der Waals surface area contributed by atoms with Crippen molar-refractivity contribution in [2.75, 3.05) is 6.54 Å². The van der Waals surface area contributed by atoms with Gasteiger partial charge in [0.2, 0.25) is 0 Å². The fourth-order valence-corrected chi connectivity index (χ4v) is 1.90. The highest BCUT2D eigenvalue weighted by atomic mass is 35.5. The van der Waals surface area contributed by atoms with Crippen LogP contribution in [0.4, 0.5) is 0 Å². The van der Waals surface area contributed by atoms with Crippen LogP contribution in [-0.4, -0.2) is 6.54 Å². The zero-order chi connectivity index (χ0) is 12.0. The molecule has 1 aromatic carbocycles. The molecule has 16 heavy (non-hydrogen) atoms. The third-order valence-corrected chi connectivity index (χ3v) is 3.41. The van der Waals surface area contributed by atoms with Crippen molar-refractivity contribution in [3.05, 3.63) is 33.8 Å². The van der Waals surface area contributed by atoms with Crippen LogP contribution < -0.4 is 5.32 Å². The molecule has 0 bridgehead atoms. The molecule has 0 aliphatic rings. The highest BCUT2D eigenvalue weighted by Crippen LogP contribution is 2.25. The molecule has 1 N–H and O–H groups in total. The molecule has 0 heterocycles. The van der Waals surface area contributed by atoms with Crippen LogP contribution >= 0.6 is 23.2 Å². The summed E-state index contributed by atoms with van der Waals surface area (Å²) in [5.74, 6) is 0. The average Bonchev–Trinajstić information content (AvgIpc) is 2.28. The molecule has 0 radical (unpaired) electrons. The van der Waals surface area contributed by atoms with Crippen molar-refractivity contribution in [2.24, 2.45) is 0 Å². The summed E-state index contributed by atoms with van der Waals surface area (Å²) in [4.78, 5) is 0. The maximum absolute atomic E-state index is 5.98. The molecule has 0 saturated carbocycles. The van der Waals surface area contributed by atoms with E-state index >= 15 is 0 Å². The second-order valence-electron chi connectivity index (χ2n) is 4.06. The molecule has 1 nitrogen and oxygen atoms in total. The van der Waals surface area contributed by atoms with Gasteiger partial charge in [-0.1, -0.05) is 49.0 Å². The number of nitrogens with one attached hydrogen (secondary N) is 1. The second kappa shape index (κ2) is 7.16. The Labute approximate surface area is 108 Å². The Morgan fingerprint density at radius 1 is 1.19 bits per heavy atom. The van der Waals surface area contributed by atoms with Crippen molar-refractivity contribution >= 4 is 23.2 Å². The van der Waals surface area contributed by atoms with Crippen LogP contribution in [0.25, 0.3) is 0 Å². The zero-order valence-electron chi connectivity index (χ0n) is 9.89. The van der Waals surface area contributed by atoms with Gasteiger partial charge in [0.15, 0.2) is 0 Å². The maximum Gasteiger partial charge on any atom is 0.0595 e. The van der Waals surface area contributed by atoms with Crippen LogP contribution in [0, 0.1) is 0 Å². The largest absolute Gasteiger partial charge is 0.310 e. The summed E-state index contributed by atoms with van der Waals surface area (Å²) in [5, 5.41) is 4.72. The van der Waals surface area contributed by atoms with Crippen LogP contribution in [0.3, 0.4) is 0 Å². The summed E-state index contributed by atoms with van der Waals surface area (Å²) in [6.45, 7) is 5.41. The fraction of sp³-hybridized carbons (Fsp3) is 0.538. The summed E-state index contributed by atoms with van der Waals surface area (Å²) in [6.07, 6.45) is 3.76. The quantitative estimate of drug-likeness (QED) is 0.722. The van der Waals surface area contributed by atoms with E-state index in [1.54, 1.807) is 0 Å². The van der Waals surface area contributed by atoms with Gasteiger partial charge in [0.25, 0.3) is 0 Å². The van der Waals surface area contributed by atoms with Crippen LogP contribution in [0.5, 0.6) is 0 Å². The minimum Gasteiger partial charge on any atom is -0.310 e. The number of rotatable bonds is 6. The first-order valence-electron chi connectivity index (χ1n) is 5.83. The van der Waals surface area contributed by atoms with Gasteiger partial charge < -0.3 is 5.32 Å². The van der Waals surface area contributed by atoms with Gasteiger partial charge in [-0.2, -0.15) is 0 Å². The molecule has 1 unspecified atom stereocenters. The number of hydrogen-bond donors (Lipinski definition) is 1. The Bertz CT molecular complexity index is 326. The molecule has 0 aliphatic carbocycles. The lowest BCUT2D eigenvalue weighted by atomic mass is 10.1. The summed E-state index contributed by atoms with van der Waals surface area (Å²) in [7, 11) is 0. The van der Waals surface area contributed by atoms with Crippen LogP contribution in [0.15, 0.2) is 18.2 Å². The van der Waals surface area contributed by atoms with Gasteiger partial charge in [0.1, 0.15) is 0 Å². The molecule has 0 amide bonds. The Hall–Kier alpha value is -0.240. The number of hydrogen-bond acceptors (Lipinski definition) is 1. The Morgan fingerprint density at radius 2 is 1.94 bits per heavy atom. The van der Waals surface area contributed by atoms with E-state index in [0.717, 1.165) is 6.54 Å². The normalized spacial score (nSPS) is 12.8. The van der Waals surface area contributed by atoms with Gasteiger partial charge >= 0.3 is 0 Å². The Kier molecular flexibility index (Phi) is 6.18. The molecule has 0 saturated heterocycles. The molecule has 0 aromatic heterocycles. The molecule has 1 rings (SSSR count). The van der Waals surface area contributed by atoms with Gasteiger partial charge in [-0.25, -0.2) is 0 Å². The van der Waals surface area contributed by atoms with Crippen LogP contribution in [0.2, 0.25) is 10.0 Å². The van der Waals surface area contributed by atoms with Crippen molar-refractivity contribution in [3.8, 4) is 0 Å². The van der Waals surface area contributed by atoms with Crippen molar-refractivity contribution in [1.82, 2.24) is 5.32 Å². The molecular formula is C13H19Cl2N. The molecule has 1 atom stereocenters. The van der Waals surface area contributed by atoms with Crippen LogP contribution in [0.1, 0.15) is 44.7 Å². The highest BCUT2D eigenvalue weighted by Gasteiger charge is 2.06. The maximum atomic E-state index is 5.98. The first kappa shape index (κ1) is 13.8. The standard InChI is InChI=1S/C13H19Cl2N/c1-3-4-5-8-16-10(2)11-6-7-12(14)13(15)9-11/h6-7,9-10,16H,3-5,8H2,1-2H3. The molecule has 0 aliphatic heterocycles. The summed E-state index contributed by atoms with van der Waals surface area (Å²) < 4.78 is 0. The highest BCUT2D eigenvalue weighted by molar-refractivity contribution is 6.42. The van der Waals surface area contributed by atoms with Crippen molar-refractivity contribution in [2.45, 2.75) is 39.2 Å². The summed E-state index contributed by atoms with van der Waals surface area (Å²) >= 11 is 11.9.